The third-order valence-corrected chi connectivity index (χ3v) is 4.66. The number of rotatable bonds is 6. The average Bonchev–Trinajstić information content (AvgIpc) is 2.92. The molecule has 0 atom stereocenters. The molecule has 1 N–H and O–H groups in total. The zero-order valence-electron chi connectivity index (χ0n) is 15.2. The molecule has 9 heteroatoms. The predicted octanol–water partition coefficient (Wildman–Crippen LogP) is 4.48. The highest BCUT2D eigenvalue weighted by Gasteiger charge is 2.40. The molecule has 0 aromatic heterocycles. The number of para-hydroxylation sites is 1. The zero-order chi connectivity index (χ0) is 21.1. The highest BCUT2D eigenvalue weighted by molar-refractivity contribution is 6.53. The van der Waals surface area contributed by atoms with Crippen LogP contribution in [0.2, 0.25) is 5.02 Å². The highest BCUT2D eigenvalue weighted by Crippen LogP contribution is 2.33. The maximum absolute atomic E-state index is 13.3. The van der Waals surface area contributed by atoms with E-state index < -0.39 is 23.6 Å². The Morgan fingerprint density at radius 2 is 1.86 bits per heavy atom. The van der Waals surface area contributed by atoms with Gasteiger partial charge in [0.1, 0.15) is 16.5 Å². The molecule has 2 aromatic rings. The van der Waals surface area contributed by atoms with Gasteiger partial charge in [-0.1, -0.05) is 42.3 Å². The van der Waals surface area contributed by atoms with Crippen molar-refractivity contribution in [2.75, 3.05) is 16.8 Å². The van der Waals surface area contributed by atoms with Crippen molar-refractivity contribution < 1.29 is 23.5 Å². The Balaban J connectivity index is 1.93. The molecular weight excluding hydrogens is 422 g/mol. The number of esters is 1. The summed E-state index contributed by atoms with van der Waals surface area (Å²) in [6, 6.07) is 9.76. The van der Waals surface area contributed by atoms with Gasteiger partial charge in [0.05, 0.1) is 22.9 Å². The van der Waals surface area contributed by atoms with Gasteiger partial charge in [-0.2, -0.15) is 0 Å². The fourth-order valence-corrected chi connectivity index (χ4v) is 3.06. The fourth-order valence-electron chi connectivity index (χ4n) is 2.66. The van der Waals surface area contributed by atoms with Crippen LogP contribution in [0.1, 0.15) is 23.7 Å². The van der Waals surface area contributed by atoms with E-state index in [1.54, 1.807) is 12.1 Å². The molecule has 0 fully saturated rings. The molecule has 6 nitrogen and oxygen atoms in total. The number of benzene rings is 2. The number of anilines is 2. The van der Waals surface area contributed by atoms with Crippen LogP contribution in [0.15, 0.2) is 53.2 Å². The lowest BCUT2D eigenvalue weighted by atomic mass is 10.1. The Labute approximate surface area is 175 Å². The Morgan fingerprint density at radius 1 is 1.14 bits per heavy atom. The second kappa shape index (κ2) is 8.63. The van der Waals surface area contributed by atoms with Crippen LogP contribution in [0.5, 0.6) is 0 Å². The molecule has 1 aliphatic rings. The van der Waals surface area contributed by atoms with Crippen LogP contribution >= 0.6 is 23.2 Å². The number of nitrogens with one attached hydrogen (secondary N) is 1. The molecule has 1 aliphatic heterocycles. The quantitative estimate of drug-likeness (QED) is 0.533. The summed E-state index contributed by atoms with van der Waals surface area (Å²) < 4.78 is 18.5. The Kier molecular flexibility index (Phi) is 6.20. The van der Waals surface area contributed by atoms with Gasteiger partial charge >= 0.3 is 5.97 Å². The van der Waals surface area contributed by atoms with Gasteiger partial charge < -0.3 is 10.1 Å². The SMILES string of the molecule is CCCOC(=O)c1ccccc1N1C(=O)C(Cl)=C(Nc2ccc(F)c(Cl)c2)C1=O. The number of amides is 2. The summed E-state index contributed by atoms with van der Waals surface area (Å²) in [5.74, 6) is -2.86. The molecule has 0 saturated heterocycles. The normalized spacial score (nSPS) is 13.9. The van der Waals surface area contributed by atoms with E-state index in [4.69, 9.17) is 27.9 Å². The molecule has 0 radical (unpaired) electrons. The van der Waals surface area contributed by atoms with E-state index in [2.05, 4.69) is 5.32 Å². The van der Waals surface area contributed by atoms with Crippen molar-refractivity contribution in [1.82, 2.24) is 0 Å². The largest absolute Gasteiger partial charge is 0.462 e. The number of hydrogen-bond donors (Lipinski definition) is 1. The number of imide groups is 1. The molecule has 0 spiro atoms. The third-order valence-electron chi connectivity index (χ3n) is 4.02. The van der Waals surface area contributed by atoms with Crippen molar-refractivity contribution in [3.63, 3.8) is 0 Å². The maximum Gasteiger partial charge on any atom is 0.340 e. The summed E-state index contributed by atoms with van der Waals surface area (Å²) in [6.45, 7) is 2.04. The molecular formula is C20H15Cl2FN2O4. The molecule has 3 rings (SSSR count). The van der Waals surface area contributed by atoms with Gasteiger partial charge in [0, 0.05) is 5.69 Å². The number of carbonyl (C=O) groups excluding carboxylic acids is 3. The first-order valence-electron chi connectivity index (χ1n) is 8.62. The Hall–Kier alpha value is -2.90. The summed E-state index contributed by atoms with van der Waals surface area (Å²) in [7, 11) is 0. The maximum atomic E-state index is 13.3. The number of nitrogens with zero attached hydrogens (tertiary/aromatic N) is 1. The summed E-state index contributed by atoms with van der Waals surface area (Å²) in [6.07, 6.45) is 0.622. The lowest BCUT2D eigenvalue weighted by Crippen LogP contribution is -2.33. The third kappa shape index (κ3) is 4.11. The fraction of sp³-hybridized carbons (Fsp3) is 0.150. The van der Waals surface area contributed by atoms with E-state index >= 15 is 0 Å². The number of ether oxygens (including phenoxy) is 1. The monoisotopic (exact) mass is 436 g/mol. The summed E-state index contributed by atoms with van der Waals surface area (Å²) in [5, 5.41) is 2.16. The molecule has 0 bridgehead atoms. The molecule has 1 heterocycles. The smallest absolute Gasteiger partial charge is 0.340 e. The van der Waals surface area contributed by atoms with Crippen LogP contribution < -0.4 is 10.2 Å². The van der Waals surface area contributed by atoms with Gasteiger partial charge in [-0.25, -0.2) is 14.1 Å². The number of halogens is 3. The van der Waals surface area contributed by atoms with E-state index in [9.17, 15) is 18.8 Å². The van der Waals surface area contributed by atoms with Gasteiger partial charge in [0.15, 0.2) is 0 Å². The average molecular weight is 437 g/mol. The topological polar surface area (TPSA) is 75.7 Å². The first-order valence-corrected chi connectivity index (χ1v) is 9.37. The van der Waals surface area contributed by atoms with Crippen molar-refractivity contribution in [1.29, 1.82) is 0 Å². The molecule has 0 aliphatic carbocycles. The van der Waals surface area contributed by atoms with Gasteiger partial charge in [-0.3, -0.25) is 9.59 Å². The standard InChI is InChI=1S/C20H15Cl2FN2O4/c1-2-9-29-20(28)12-5-3-4-6-15(12)25-18(26)16(22)17(19(25)27)24-11-7-8-14(23)13(21)10-11/h3-8,10,24H,2,9H2,1H3. The van der Waals surface area contributed by atoms with E-state index in [0.29, 0.717) is 6.42 Å². The molecule has 150 valence electrons. The van der Waals surface area contributed by atoms with Crippen molar-refractivity contribution in [2.45, 2.75) is 13.3 Å². The lowest BCUT2D eigenvalue weighted by Gasteiger charge is -2.18. The van der Waals surface area contributed by atoms with E-state index in [-0.39, 0.29) is 39.3 Å². The molecule has 2 amide bonds. The van der Waals surface area contributed by atoms with Crippen LogP contribution in [-0.4, -0.2) is 24.4 Å². The number of hydrogen-bond acceptors (Lipinski definition) is 5. The molecule has 0 unspecified atom stereocenters. The van der Waals surface area contributed by atoms with Gasteiger partial charge in [0.2, 0.25) is 0 Å². The van der Waals surface area contributed by atoms with Crippen molar-refractivity contribution >= 4 is 52.4 Å². The molecule has 0 saturated carbocycles. The minimum atomic E-state index is -0.803. The van der Waals surface area contributed by atoms with Crippen LogP contribution in [0, 0.1) is 5.82 Å². The Morgan fingerprint density at radius 3 is 2.55 bits per heavy atom. The summed E-state index contributed by atoms with van der Waals surface area (Å²) in [5.41, 5.74) is 0.160. The summed E-state index contributed by atoms with van der Waals surface area (Å²) in [4.78, 5) is 38.7. The number of carbonyl (C=O) groups is 3. The van der Waals surface area contributed by atoms with E-state index in [1.807, 2.05) is 6.92 Å². The predicted molar refractivity (Wildman–Crippen MR) is 107 cm³/mol. The minimum absolute atomic E-state index is 0.0516. The molecule has 29 heavy (non-hydrogen) atoms. The first-order chi connectivity index (χ1) is 13.8. The van der Waals surface area contributed by atoms with Gasteiger partial charge in [-0.15, -0.1) is 0 Å². The van der Waals surface area contributed by atoms with Gasteiger partial charge in [-0.05, 0) is 36.8 Å². The zero-order valence-corrected chi connectivity index (χ0v) is 16.7. The van der Waals surface area contributed by atoms with Crippen LogP contribution in [-0.2, 0) is 14.3 Å². The van der Waals surface area contributed by atoms with E-state index in [0.717, 1.165) is 11.0 Å². The van der Waals surface area contributed by atoms with Crippen LogP contribution in [0.3, 0.4) is 0 Å². The van der Waals surface area contributed by atoms with Gasteiger partial charge in [0.25, 0.3) is 11.8 Å². The van der Waals surface area contributed by atoms with Crippen LogP contribution in [0.25, 0.3) is 0 Å². The van der Waals surface area contributed by atoms with Crippen molar-refractivity contribution in [3.8, 4) is 0 Å². The van der Waals surface area contributed by atoms with Crippen molar-refractivity contribution in [2.24, 2.45) is 0 Å². The second-order valence-electron chi connectivity index (χ2n) is 6.04. The van der Waals surface area contributed by atoms with Crippen molar-refractivity contribution in [3.05, 3.63) is 69.6 Å². The highest BCUT2D eigenvalue weighted by atomic mass is 35.5. The molecule has 2 aromatic carbocycles. The first kappa shape index (κ1) is 20.8. The second-order valence-corrected chi connectivity index (χ2v) is 6.83. The van der Waals surface area contributed by atoms with E-state index in [1.165, 1.54) is 24.3 Å². The lowest BCUT2D eigenvalue weighted by molar-refractivity contribution is -0.120. The summed E-state index contributed by atoms with van der Waals surface area (Å²) >= 11 is 11.8. The van der Waals surface area contributed by atoms with Crippen LogP contribution in [0.4, 0.5) is 15.8 Å². The minimum Gasteiger partial charge on any atom is -0.462 e. The Bertz CT molecular complexity index is 1040.